The number of aliphatic hydroxyl groups is 5. The molecule has 22 heteroatoms. The molecule has 0 spiro atoms. The largest absolute Gasteiger partial charge is 0.505 e. The Labute approximate surface area is 466 Å². The highest BCUT2D eigenvalue weighted by Crippen LogP contribution is 2.46. The van der Waals surface area contributed by atoms with Gasteiger partial charge in [-0.05, 0) is 97.4 Å². The van der Waals surface area contributed by atoms with Gasteiger partial charge in [-0.2, -0.15) is 0 Å². The molecule has 0 saturated carbocycles. The van der Waals surface area contributed by atoms with Crippen LogP contribution in [0, 0.1) is 11.8 Å². The molecule has 1 aromatic rings. The number of aliphatic hydroxyl groups excluding tert-OH is 5. The number of allylic oxidation sites excluding steroid dienone is 4. The topological polar surface area (TPSA) is 282 Å². The molecule has 1 aromatic carbocycles. The molecule has 3 aliphatic heterocycles. The van der Waals surface area contributed by atoms with Crippen molar-refractivity contribution < 1.29 is 97.2 Å². The van der Waals surface area contributed by atoms with Gasteiger partial charge in [0.2, 0.25) is 0 Å². The summed E-state index contributed by atoms with van der Waals surface area (Å²) in [5.41, 5.74) is 0.285. The van der Waals surface area contributed by atoms with Gasteiger partial charge in [0, 0.05) is 19.4 Å². The Bertz CT molecular complexity index is 2390. The molecule has 2 fully saturated rings. The molecular formula is C56H80Cl2O20. The summed E-state index contributed by atoms with van der Waals surface area (Å²) in [5, 5.41) is 67.1. The molecule has 0 aromatic heterocycles. The lowest BCUT2D eigenvalue weighted by atomic mass is 9.88. The van der Waals surface area contributed by atoms with Crippen LogP contribution < -0.4 is 4.74 Å². The molecular weight excluding hydrogens is 1060 g/mol. The van der Waals surface area contributed by atoms with E-state index in [1.807, 2.05) is 26.0 Å². The summed E-state index contributed by atoms with van der Waals surface area (Å²) in [5.74, 6) is -5.18. The summed E-state index contributed by atoms with van der Waals surface area (Å²) in [4.78, 5) is 52.4. The lowest BCUT2D eigenvalue weighted by Gasteiger charge is -2.47. The average molecular weight is 1140 g/mol. The predicted octanol–water partition coefficient (Wildman–Crippen LogP) is 6.47. The molecule has 0 unspecified atom stereocenters. The standard InChI is InChI=1S/C56H80Cl2O20/c1-14-33-24-29(7)36(60)20-18-17-19-34(52(67)74-37(31(9)59)22-21-28(6)23-30(8)46(33)76-54-44(64)43(63)50(56(11,12)78-54)77-51(66)27(4)5)25-72-55-49(69-13)45(65)47(32(10)73-55)75-53(68)39-35(15-2)40(57)48(41(58)42(39)62)71-26-38(61)70-16-3/h17-19,21,23-24,27,31-33,36-37,43-47,49-50,54-55,59-60,62-65H,14-16,20,22,25-26H2,1-13H3/b18-17+,28-21+,29-24+,30-23+,34-19+/t31-,32+,33+,36+,37+,43-,44+,45-,46+,47+,49-,50+,54-,55+/m1/s1. The lowest BCUT2D eigenvalue weighted by Crippen LogP contribution is -2.64. The van der Waals surface area contributed by atoms with Crippen molar-refractivity contribution in [2.45, 2.75) is 194 Å². The number of hydrogen-bond acceptors (Lipinski definition) is 20. The van der Waals surface area contributed by atoms with Crippen molar-refractivity contribution in [2.24, 2.45) is 11.8 Å². The van der Waals surface area contributed by atoms with E-state index in [1.54, 1.807) is 67.5 Å². The molecule has 0 bridgehead atoms. The quantitative estimate of drug-likeness (QED) is 0.0554. The smallest absolute Gasteiger partial charge is 0.344 e. The highest BCUT2D eigenvalue weighted by molar-refractivity contribution is 6.39. The number of hydrogen-bond donors (Lipinski definition) is 6. The van der Waals surface area contributed by atoms with E-state index in [0.717, 1.165) is 0 Å². The second kappa shape index (κ2) is 29.9. The number of esters is 4. The van der Waals surface area contributed by atoms with Gasteiger partial charge < -0.3 is 78.0 Å². The Morgan fingerprint density at radius 2 is 1.59 bits per heavy atom. The number of cyclic esters (lactones) is 1. The van der Waals surface area contributed by atoms with Crippen LogP contribution >= 0.6 is 23.2 Å². The molecule has 4 rings (SSSR count). The van der Waals surface area contributed by atoms with E-state index in [9.17, 15) is 49.8 Å². The van der Waals surface area contributed by atoms with Gasteiger partial charge in [0.1, 0.15) is 46.7 Å². The van der Waals surface area contributed by atoms with E-state index in [2.05, 4.69) is 0 Å². The number of carbonyl (C=O) groups is 4. The van der Waals surface area contributed by atoms with Crippen LogP contribution in [0.15, 0.2) is 58.7 Å². The van der Waals surface area contributed by atoms with Crippen LogP contribution in [0.1, 0.15) is 118 Å². The fourth-order valence-electron chi connectivity index (χ4n) is 9.05. The Morgan fingerprint density at radius 3 is 2.19 bits per heavy atom. The molecule has 3 heterocycles. The number of carbonyl (C=O) groups excluding carboxylic acids is 4. The third-order valence-electron chi connectivity index (χ3n) is 13.6. The highest BCUT2D eigenvalue weighted by atomic mass is 35.5. The number of phenolic OH excluding ortho intramolecular Hbond substituents is 1. The lowest BCUT2D eigenvalue weighted by molar-refractivity contribution is -0.333. The first-order valence-corrected chi connectivity index (χ1v) is 27.0. The van der Waals surface area contributed by atoms with Crippen LogP contribution in [0.2, 0.25) is 10.0 Å². The molecule has 14 atom stereocenters. The summed E-state index contributed by atoms with van der Waals surface area (Å²) in [6.45, 7) is 19.1. The normalized spacial score (nSPS) is 32.9. The van der Waals surface area contributed by atoms with Crippen LogP contribution in [0.3, 0.4) is 0 Å². The zero-order chi connectivity index (χ0) is 58.5. The zero-order valence-electron chi connectivity index (χ0n) is 46.7. The van der Waals surface area contributed by atoms with Gasteiger partial charge in [0.15, 0.2) is 42.9 Å². The Hall–Kier alpha value is -4.42. The molecule has 0 aliphatic carbocycles. The summed E-state index contributed by atoms with van der Waals surface area (Å²) in [7, 11) is 1.26. The number of ether oxygens (including phenoxy) is 10. The molecule has 438 valence electrons. The van der Waals surface area contributed by atoms with E-state index < -0.39 is 151 Å². The van der Waals surface area contributed by atoms with Gasteiger partial charge in [0.25, 0.3) is 0 Å². The summed E-state index contributed by atoms with van der Waals surface area (Å²) >= 11 is 13.0. The first kappa shape index (κ1) is 66.1. The van der Waals surface area contributed by atoms with Crippen molar-refractivity contribution in [3.63, 3.8) is 0 Å². The summed E-state index contributed by atoms with van der Waals surface area (Å²) in [6.07, 6.45) is -5.76. The highest BCUT2D eigenvalue weighted by Gasteiger charge is 2.53. The van der Waals surface area contributed by atoms with Crippen molar-refractivity contribution in [1.82, 2.24) is 0 Å². The second-order valence-electron chi connectivity index (χ2n) is 20.4. The van der Waals surface area contributed by atoms with Crippen LogP contribution in [0.5, 0.6) is 11.5 Å². The Morgan fingerprint density at radius 1 is 0.910 bits per heavy atom. The number of rotatable bonds is 17. The fraction of sp³-hybridized carbons (Fsp3) is 0.643. The zero-order valence-corrected chi connectivity index (χ0v) is 48.2. The minimum absolute atomic E-state index is 0.0489. The van der Waals surface area contributed by atoms with Gasteiger partial charge in [0.05, 0.1) is 54.1 Å². The Kier molecular flexibility index (Phi) is 25.3. The van der Waals surface area contributed by atoms with Crippen molar-refractivity contribution in [2.75, 3.05) is 26.9 Å². The minimum Gasteiger partial charge on any atom is -0.505 e. The first-order valence-electron chi connectivity index (χ1n) is 26.2. The van der Waals surface area contributed by atoms with E-state index in [0.29, 0.717) is 23.1 Å². The van der Waals surface area contributed by atoms with Crippen molar-refractivity contribution in [1.29, 1.82) is 0 Å². The van der Waals surface area contributed by atoms with Crippen molar-refractivity contribution >= 4 is 47.1 Å². The fourth-order valence-corrected chi connectivity index (χ4v) is 9.72. The maximum absolute atomic E-state index is 14.0. The molecule has 0 amide bonds. The van der Waals surface area contributed by atoms with Crippen LogP contribution in [0.25, 0.3) is 0 Å². The van der Waals surface area contributed by atoms with Gasteiger partial charge >= 0.3 is 23.9 Å². The summed E-state index contributed by atoms with van der Waals surface area (Å²) in [6, 6.07) is 0. The van der Waals surface area contributed by atoms with Gasteiger partial charge in [-0.15, -0.1) is 0 Å². The average Bonchev–Trinajstić information content (AvgIpc) is 3.37. The number of methoxy groups -OCH3 is 1. The monoisotopic (exact) mass is 1140 g/mol. The van der Waals surface area contributed by atoms with E-state index in [4.69, 9.17) is 70.6 Å². The predicted molar refractivity (Wildman–Crippen MR) is 286 cm³/mol. The number of phenols is 1. The third-order valence-corrected chi connectivity index (χ3v) is 14.4. The first-order chi connectivity index (χ1) is 36.6. The number of aromatic hydroxyl groups is 1. The molecule has 2 saturated heterocycles. The van der Waals surface area contributed by atoms with Crippen LogP contribution in [-0.4, -0.2) is 167 Å². The van der Waals surface area contributed by atoms with Gasteiger partial charge in [-0.3, -0.25) is 4.79 Å². The van der Waals surface area contributed by atoms with E-state index >= 15 is 0 Å². The van der Waals surface area contributed by atoms with Crippen LogP contribution in [0.4, 0.5) is 0 Å². The Balaban J connectivity index is 1.59. The van der Waals surface area contributed by atoms with Gasteiger partial charge in [-0.1, -0.05) is 86.9 Å². The van der Waals surface area contributed by atoms with E-state index in [1.165, 1.54) is 33.1 Å². The molecule has 78 heavy (non-hydrogen) atoms. The maximum Gasteiger partial charge on any atom is 0.344 e. The molecule has 3 aliphatic rings. The SMILES string of the molecule is CCOC(=O)COc1c(Cl)c(O)c(C(=O)O[C@@H]2[C@@H](O)[C@@H](OC)[C@@H](OC/C3=C\C=C\C[C@H](O)/C(C)=C/[C@H](CC)[C@@H](O[C@@H]4OC(C)(C)[C@@H](OC(=O)C(C)C)[C@H](O)[C@@H]4O)/C(C)=C/C(C)=C/C[C@@H]([C@@H](C)O)OC3=O)O[C@H]2C)c(CC)c1Cl. The van der Waals surface area contributed by atoms with Gasteiger partial charge in [-0.25, -0.2) is 14.4 Å². The van der Waals surface area contributed by atoms with Crippen molar-refractivity contribution in [3.05, 3.63) is 79.9 Å². The van der Waals surface area contributed by atoms with Crippen molar-refractivity contribution in [3.8, 4) is 11.5 Å². The molecule has 0 radical (unpaired) electrons. The third kappa shape index (κ3) is 16.8. The number of benzene rings is 1. The number of halogens is 2. The minimum atomic E-state index is -1.61. The maximum atomic E-state index is 14.0. The van der Waals surface area contributed by atoms with E-state index in [-0.39, 0.29) is 47.8 Å². The molecule has 6 N–H and O–H groups in total. The summed E-state index contributed by atoms with van der Waals surface area (Å²) < 4.78 is 58.1. The van der Waals surface area contributed by atoms with Crippen LogP contribution in [-0.2, 0) is 63.4 Å². The molecule has 20 nitrogen and oxygen atoms in total. The second-order valence-corrected chi connectivity index (χ2v) is 21.2.